The van der Waals surface area contributed by atoms with Crippen LogP contribution in [0, 0.1) is 0 Å². The van der Waals surface area contributed by atoms with E-state index in [0.29, 0.717) is 46.8 Å². The van der Waals surface area contributed by atoms with Gasteiger partial charge in [-0.2, -0.15) is 0 Å². The summed E-state index contributed by atoms with van der Waals surface area (Å²) in [7, 11) is 4.67. The van der Waals surface area contributed by atoms with Crippen LogP contribution < -0.4 is 24.3 Å². The van der Waals surface area contributed by atoms with Crippen LogP contribution in [0.3, 0.4) is 0 Å². The lowest BCUT2D eigenvalue weighted by molar-refractivity contribution is -0.129. The first kappa shape index (κ1) is 30.9. The molecule has 222 valence electrons. The van der Waals surface area contributed by atoms with Gasteiger partial charge in [0, 0.05) is 30.3 Å². The average Bonchev–Trinajstić information content (AvgIpc) is 2.97. The van der Waals surface area contributed by atoms with Crippen LogP contribution in [0.25, 0.3) is 0 Å². The van der Waals surface area contributed by atoms with Gasteiger partial charge in [-0.25, -0.2) is 4.99 Å². The summed E-state index contributed by atoms with van der Waals surface area (Å²) in [6.45, 7) is 0.317. The largest absolute Gasteiger partial charge is 0.497 e. The molecule has 0 spiro atoms. The lowest BCUT2D eigenvalue weighted by Gasteiger charge is -2.32. The van der Waals surface area contributed by atoms with Gasteiger partial charge in [0.05, 0.1) is 27.0 Å². The summed E-state index contributed by atoms with van der Waals surface area (Å²) in [5.74, 6) is 0.950. The molecule has 3 aromatic carbocycles. The summed E-state index contributed by atoms with van der Waals surface area (Å²) in [4.78, 5) is 32.8. The van der Waals surface area contributed by atoms with Gasteiger partial charge >= 0.3 is 5.57 Å². The first-order valence-corrected chi connectivity index (χ1v) is 13.9. The van der Waals surface area contributed by atoms with Crippen LogP contribution in [0.1, 0.15) is 12.0 Å². The van der Waals surface area contributed by atoms with Gasteiger partial charge in [0.15, 0.2) is 16.7 Å². The number of ether oxygens (including phenoxy) is 4. The topological polar surface area (TPSA) is 98.7 Å². The van der Waals surface area contributed by atoms with Crippen LogP contribution >= 0.6 is 23.4 Å². The van der Waals surface area contributed by atoms with Gasteiger partial charge in [-0.15, -0.1) is 8.78 Å². The van der Waals surface area contributed by atoms with E-state index >= 15 is 0 Å². The number of halogens is 3. The number of carbonyl (C=O) groups excluding carboxylic acids is 2. The van der Waals surface area contributed by atoms with Crippen molar-refractivity contribution in [2.24, 2.45) is 4.99 Å². The minimum absolute atomic E-state index is 0.0657. The van der Waals surface area contributed by atoms with Crippen molar-refractivity contribution in [2.45, 2.75) is 23.7 Å². The zero-order chi connectivity index (χ0) is 30.3. The SMILES string of the molecule is COc1ccc(N=C2S[C@H](C(=O)Nc3ccc(OC(F)(F)Cl)cc3)CC(=O)N2CCc2ccc(OC)c(OC)c2)cc1. The quantitative estimate of drug-likeness (QED) is 0.260. The molecule has 0 bridgehead atoms. The minimum atomic E-state index is -3.85. The molecule has 0 aliphatic carbocycles. The summed E-state index contributed by atoms with van der Waals surface area (Å²) < 4.78 is 46.0. The maximum atomic E-state index is 13.4. The summed E-state index contributed by atoms with van der Waals surface area (Å²) in [5, 5.41) is 2.30. The maximum Gasteiger partial charge on any atom is 0.487 e. The monoisotopic (exact) mass is 619 g/mol. The smallest absolute Gasteiger partial charge is 0.487 e. The molecule has 1 aliphatic heterocycles. The van der Waals surface area contributed by atoms with Gasteiger partial charge in [0.1, 0.15) is 16.7 Å². The number of anilines is 1. The van der Waals surface area contributed by atoms with Crippen LogP contribution in [-0.4, -0.2) is 60.6 Å². The van der Waals surface area contributed by atoms with Crippen molar-refractivity contribution in [3.63, 3.8) is 0 Å². The van der Waals surface area contributed by atoms with Crippen LogP contribution in [-0.2, 0) is 16.0 Å². The van der Waals surface area contributed by atoms with Crippen molar-refractivity contribution >= 4 is 51.7 Å². The first-order chi connectivity index (χ1) is 20.1. The second-order valence-corrected chi connectivity index (χ2v) is 10.6. The van der Waals surface area contributed by atoms with Crippen LogP contribution in [0.2, 0.25) is 0 Å². The fourth-order valence-corrected chi connectivity index (χ4v) is 5.28. The second-order valence-electron chi connectivity index (χ2n) is 8.95. The second kappa shape index (κ2) is 13.8. The maximum absolute atomic E-state index is 13.4. The fourth-order valence-electron chi connectivity index (χ4n) is 4.07. The minimum Gasteiger partial charge on any atom is -0.497 e. The van der Waals surface area contributed by atoms with Gasteiger partial charge in [0.2, 0.25) is 11.8 Å². The van der Waals surface area contributed by atoms with E-state index in [2.05, 4.69) is 15.0 Å². The number of alkyl halides is 3. The standard InChI is InChI=1S/C29H28ClF2N3O6S/c1-38-21-9-5-20(6-10-21)34-28-35(15-14-18-4-13-23(39-2)24(16-18)40-3)26(36)17-25(42-28)27(37)33-19-7-11-22(12-8-19)41-29(30,31)32/h4-13,16,25H,14-15,17H2,1-3H3,(H,33,37)/t25-/m0/s1. The first-order valence-electron chi connectivity index (χ1n) is 12.7. The Hall–Kier alpha value is -4.03. The Balaban J connectivity index is 1.52. The molecule has 9 nitrogen and oxygen atoms in total. The van der Waals surface area contributed by atoms with E-state index in [9.17, 15) is 18.4 Å². The lowest BCUT2D eigenvalue weighted by Crippen LogP contribution is -2.46. The number of nitrogens with zero attached hydrogens (tertiary/aromatic N) is 2. The van der Waals surface area contributed by atoms with Crippen molar-refractivity contribution in [3.8, 4) is 23.0 Å². The highest BCUT2D eigenvalue weighted by atomic mass is 35.5. The summed E-state index contributed by atoms with van der Waals surface area (Å²) in [6, 6.07) is 17.8. The Bertz CT molecular complexity index is 1430. The molecule has 3 aromatic rings. The number of amides is 2. The number of aliphatic imine (C=N–C) groups is 1. The fraction of sp³-hybridized carbons (Fsp3) is 0.276. The van der Waals surface area contributed by atoms with E-state index < -0.39 is 16.7 Å². The summed E-state index contributed by atoms with van der Waals surface area (Å²) in [5.41, 5.74) is -2.01. The predicted octanol–water partition coefficient (Wildman–Crippen LogP) is 6.08. The Labute approximate surface area is 250 Å². The number of nitrogens with one attached hydrogen (secondary N) is 1. The Morgan fingerprint density at radius 3 is 2.29 bits per heavy atom. The van der Waals surface area contributed by atoms with Crippen molar-refractivity contribution in [2.75, 3.05) is 33.2 Å². The number of hydrogen-bond donors (Lipinski definition) is 1. The van der Waals surface area contributed by atoms with Crippen molar-refractivity contribution < 1.29 is 37.3 Å². The molecule has 1 saturated heterocycles. The summed E-state index contributed by atoms with van der Waals surface area (Å²) in [6.07, 6.45) is 0.435. The molecule has 0 saturated carbocycles. The molecular formula is C29H28ClF2N3O6S. The van der Waals surface area contributed by atoms with Gasteiger partial charge in [-0.1, -0.05) is 17.8 Å². The lowest BCUT2D eigenvalue weighted by atomic mass is 10.1. The van der Waals surface area contributed by atoms with Crippen molar-refractivity contribution in [3.05, 3.63) is 72.3 Å². The van der Waals surface area contributed by atoms with Crippen LogP contribution in [0.15, 0.2) is 71.7 Å². The molecule has 13 heteroatoms. The van der Waals surface area contributed by atoms with Crippen molar-refractivity contribution in [1.82, 2.24) is 4.90 Å². The molecule has 42 heavy (non-hydrogen) atoms. The number of rotatable bonds is 11. The third-order valence-corrected chi connectivity index (χ3v) is 7.42. The van der Waals surface area contributed by atoms with E-state index in [0.717, 1.165) is 17.3 Å². The molecule has 1 aliphatic rings. The molecule has 0 aromatic heterocycles. The van der Waals surface area contributed by atoms with Crippen LogP contribution in [0.5, 0.6) is 23.0 Å². The molecular weight excluding hydrogens is 592 g/mol. The summed E-state index contributed by atoms with van der Waals surface area (Å²) >= 11 is 5.96. The van der Waals surface area contributed by atoms with Gasteiger partial charge in [-0.3, -0.25) is 14.5 Å². The molecule has 0 radical (unpaired) electrons. The molecule has 1 atom stereocenters. The van der Waals surface area contributed by atoms with E-state index in [1.165, 1.54) is 24.3 Å². The molecule has 4 rings (SSSR count). The van der Waals surface area contributed by atoms with Crippen molar-refractivity contribution in [1.29, 1.82) is 0 Å². The predicted molar refractivity (Wildman–Crippen MR) is 158 cm³/mol. The number of benzene rings is 3. The number of carbonyl (C=O) groups is 2. The number of hydrogen-bond acceptors (Lipinski definition) is 8. The zero-order valence-corrected chi connectivity index (χ0v) is 24.5. The Kier molecular flexibility index (Phi) is 10.1. The van der Waals surface area contributed by atoms with Gasteiger partial charge in [0.25, 0.3) is 0 Å². The molecule has 1 fully saturated rings. The molecule has 1 heterocycles. The number of amidine groups is 1. The Morgan fingerprint density at radius 2 is 1.67 bits per heavy atom. The number of thioether (sulfide) groups is 1. The highest BCUT2D eigenvalue weighted by molar-refractivity contribution is 8.15. The molecule has 0 unspecified atom stereocenters. The molecule has 2 amide bonds. The van der Waals surface area contributed by atoms with Gasteiger partial charge in [-0.05, 0) is 72.6 Å². The van der Waals surface area contributed by atoms with E-state index in [-0.39, 0.29) is 18.1 Å². The van der Waals surface area contributed by atoms with Crippen LogP contribution in [0.4, 0.5) is 20.2 Å². The van der Waals surface area contributed by atoms with Gasteiger partial charge < -0.3 is 24.3 Å². The number of methoxy groups -OCH3 is 3. The zero-order valence-electron chi connectivity index (χ0n) is 22.9. The van der Waals surface area contributed by atoms with E-state index in [4.69, 9.17) is 25.8 Å². The highest BCUT2D eigenvalue weighted by Gasteiger charge is 2.36. The normalized spacial score (nSPS) is 16.2. The highest BCUT2D eigenvalue weighted by Crippen LogP contribution is 2.32. The van der Waals surface area contributed by atoms with E-state index in [1.54, 1.807) is 56.6 Å². The molecule has 1 N–H and O–H groups in total. The Morgan fingerprint density at radius 1 is 1.00 bits per heavy atom. The van der Waals surface area contributed by atoms with E-state index in [1.807, 2.05) is 12.1 Å². The average molecular weight is 620 g/mol. The third-order valence-electron chi connectivity index (χ3n) is 6.16. The third kappa shape index (κ3) is 8.26.